The summed E-state index contributed by atoms with van der Waals surface area (Å²) in [4.78, 5) is 24.7. The molecule has 0 unspecified atom stereocenters. The van der Waals surface area contributed by atoms with E-state index >= 15 is 0 Å². The van der Waals surface area contributed by atoms with Crippen molar-refractivity contribution in [2.45, 2.75) is 52.0 Å². The second-order valence-corrected chi connectivity index (χ2v) is 9.51. The third-order valence-electron chi connectivity index (χ3n) is 6.20. The van der Waals surface area contributed by atoms with Crippen LogP contribution in [0.25, 0.3) is 10.2 Å². The van der Waals surface area contributed by atoms with Crippen molar-refractivity contribution in [3.05, 3.63) is 29.3 Å². The molecule has 6 nitrogen and oxygen atoms in total. The van der Waals surface area contributed by atoms with Crippen LogP contribution < -0.4 is 0 Å². The topological polar surface area (TPSA) is 48.9 Å². The molecular weight excluding hydrogens is 384 g/mol. The van der Waals surface area contributed by atoms with Crippen LogP contribution in [0.4, 0.5) is 0 Å². The molecule has 158 valence electrons. The summed E-state index contributed by atoms with van der Waals surface area (Å²) in [5.41, 5.74) is 1.09. The number of piperazine rings is 1. The monoisotopic (exact) mass is 416 g/mol. The van der Waals surface area contributed by atoms with Gasteiger partial charge in [-0.25, -0.2) is 4.98 Å². The van der Waals surface area contributed by atoms with Crippen LogP contribution in [0.1, 0.15) is 38.7 Å². The minimum atomic E-state index is -0.0765. The lowest BCUT2D eigenvalue weighted by molar-refractivity contribution is -0.149. The number of carbonyl (C=O) groups is 1. The molecule has 3 heterocycles. The zero-order valence-corrected chi connectivity index (χ0v) is 18.7. The summed E-state index contributed by atoms with van der Waals surface area (Å²) in [5, 5.41) is 1.18. The molecule has 2 aromatic rings. The van der Waals surface area contributed by atoms with E-state index in [1.54, 1.807) is 11.3 Å². The third-order valence-corrected chi connectivity index (χ3v) is 7.41. The normalized spacial score (nSPS) is 26.6. The van der Waals surface area contributed by atoms with Crippen LogP contribution in [0.3, 0.4) is 0 Å². The van der Waals surface area contributed by atoms with Crippen LogP contribution in [0, 0.1) is 0 Å². The lowest BCUT2D eigenvalue weighted by Crippen LogP contribution is -2.57. The van der Waals surface area contributed by atoms with Gasteiger partial charge in [0.1, 0.15) is 5.01 Å². The lowest BCUT2D eigenvalue weighted by Gasteiger charge is -2.42. The number of ether oxygens (including phenoxy) is 1. The van der Waals surface area contributed by atoms with E-state index < -0.39 is 0 Å². The Hall–Kier alpha value is -1.54. The lowest BCUT2D eigenvalue weighted by atomic mass is 10.1. The van der Waals surface area contributed by atoms with Crippen molar-refractivity contribution < 1.29 is 9.53 Å². The number of amides is 1. The van der Waals surface area contributed by atoms with Gasteiger partial charge in [0.05, 0.1) is 34.5 Å². The van der Waals surface area contributed by atoms with Crippen molar-refractivity contribution in [1.82, 2.24) is 19.7 Å². The SMILES string of the molecule is C[C@@H]1CN(C(=O)[C@H](C)N2CCN([C@@H](C)c3nc4ccccc4s3)CC2)C[C@@H](C)O1. The van der Waals surface area contributed by atoms with Crippen molar-refractivity contribution in [2.24, 2.45) is 0 Å². The van der Waals surface area contributed by atoms with Gasteiger partial charge in [-0.05, 0) is 39.8 Å². The van der Waals surface area contributed by atoms with Gasteiger partial charge in [0.25, 0.3) is 0 Å². The molecule has 0 spiro atoms. The smallest absolute Gasteiger partial charge is 0.239 e. The Labute approximate surface area is 177 Å². The van der Waals surface area contributed by atoms with Gasteiger partial charge in [0.2, 0.25) is 5.91 Å². The standard InChI is InChI=1S/C22H32N4O2S/c1-15-13-26(14-16(2)28-15)22(27)18(4)25-11-9-24(10-12-25)17(3)21-23-19-7-5-6-8-20(19)29-21/h5-8,15-18H,9-14H2,1-4H3/t15-,16-,17+,18+/m1/s1. The summed E-state index contributed by atoms with van der Waals surface area (Å²) in [5.74, 6) is 0.236. The van der Waals surface area contributed by atoms with Crippen molar-refractivity contribution in [3.63, 3.8) is 0 Å². The van der Waals surface area contributed by atoms with Gasteiger partial charge in [-0.3, -0.25) is 14.6 Å². The Morgan fingerprint density at radius 1 is 1.07 bits per heavy atom. The molecule has 0 saturated carbocycles. The van der Waals surface area contributed by atoms with E-state index in [0.29, 0.717) is 19.1 Å². The van der Waals surface area contributed by atoms with Gasteiger partial charge < -0.3 is 9.64 Å². The zero-order chi connectivity index (χ0) is 20.5. The summed E-state index contributed by atoms with van der Waals surface area (Å²) >= 11 is 1.79. The molecule has 2 saturated heterocycles. The molecule has 1 amide bonds. The number of carbonyl (C=O) groups excluding carboxylic acids is 1. The quantitative estimate of drug-likeness (QED) is 0.767. The number of benzene rings is 1. The fraction of sp³-hybridized carbons (Fsp3) is 0.636. The van der Waals surface area contributed by atoms with Gasteiger partial charge >= 0.3 is 0 Å². The van der Waals surface area contributed by atoms with Crippen molar-refractivity contribution in [2.75, 3.05) is 39.3 Å². The van der Waals surface area contributed by atoms with Gasteiger partial charge in [-0.1, -0.05) is 12.1 Å². The Balaban J connectivity index is 1.34. The Morgan fingerprint density at radius 2 is 1.69 bits per heavy atom. The molecular formula is C22H32N4O2S. The number of aromatic nitrogens is 1. The highest BCUT2D eigenvalue weighted by Gasteiger charge is 2.33. The average molecular weight is 417 g/mol. The first-order chi connectivity index (χ1) is 13.9. The summed E-state index contributed by atoms with van der Waals surface area (Å²) in [6.45, 7) is 13.5. The molecule has 2 aliphatic heterocycles. The Kier molecular flexibility index (Phi) is 6.20. The first-order valence-electron chi connectivity index (χ1n) is 10.7. The fourth-order valence-corrected chi connectivity index (χ4v) is 5.57. The Morgan fingerprint density at radius 3 is 2.34 bits per heavy atom. The third kappa shape index (κ3) is 4.48. The van der Waals surface area contributed by atoms with Crippen LogP contribution in [0.5, 0.6) is 0 Å². The minimum absolute atomic E-state index is 0.0765. The molecule has 0 radical (unpaired) electrons. The van der Waals surface area contributed by atoms with Crippen LogP contribution >= 0.6 is 11.3 Å². The van der Waals surface area contributed by atoms with Gasteiger partial charge in [-0.15, -0.1) is 11.3 Å². The van der Waals surface area contributed by atoms with Crippen LogP contribution in [-0.2, 0) is 9.53 Å². The Bertz CT molecular complexity index is 805. The molecule has 1 aromatic heterocycles. The van der Waals surface area contributed by atoms with Crippen molar-refractivity contribution >= 4 is 27.5 Å². The molecule has 0 N–H and O–H groups in total. The first kappa shape index (κ1) is 20.7. The summed E-state index contributed by atoms with van der Waals surface area (Å²) < 4.78 is 7.03. The van der Waals surface area contributed by atoms with Gasteiger partial charge in [0, 0.05) is 39.3 Å². The number of nitrogens with zero attached hydrogens (tertiary/aromatic N) is 4. The number of hydrogen-bond acceptors (Lipinski definition) is 6. The molecule has 4 rings (SSSR count). The number of thiazole rings is 1. The second-order valence-electron chi connectivity index (χ2n) is 8.44. The van der Waals surface area contributed by atoms with Crippen LogP contribution in [-0.4, -0.2) is 83.1 Å². The van der Waals surface area contributed by atoms with E-state index in [1.165, 1.54) is 9.71 Å². The fourth-order valence-electron chi connectivity index (χ4n) is 4.52. The number of fused-ring (bicyclic) bond motifs is 1. The van der Waals surface area contributed by atoms with Crippen LogP contribution in [0.15, 0.2) is 24.3 Å². The summed E-state index contributed by atoms with van der Waals surface area (Å²) in [6.07, 6.45) is 0.225. The number of rotatable bonds is 4. The van der Waals surface area contributed by atoms with E-state index in [-0.39, 0.29) is 24.2 Å². The maximum Gasteiger partial charge on any atom is 0.239 e. The van der Waals surface area contributed by atoms with Crippen LogP contribution in [0.2, 0.25) is 0 Å². The predicted molar refractivity (Wildman–Crippen MR) is 117 cm³/mol. The minimum Gasteiger partial charge on any atom is -0.372 e. The summed E-state index contributed by atoms with van der Waals surface area (Å²) in [7, 11) is 0. The highest BCUT2D eigenvalue weighted by molar-refractivity contribution is 7.18. The summed E-state index contributed by atoms with van der Waals surface area (Å²) in [6, 6.07) is 8.57. The van der Waals surface area contributed by atoms with E-state index in [9.17, 15) is 4.79 Å². The maximum atomic E-state index is 13.0. The molecule has 4 atom stereocenters. The molecule has 29 heavy (non-hydrogen) atoms. The molecule has 1 aromatic carbocycles. The van der Waals surface area contributed by atoms with E-state index in [4.69, 9.17) is 9.72 Å². The van der Waals surface area contributed by atoms with Crippen molar-refractivity contribution in [1.29, 1.82) is 0 Å². The maximum absolute atomic E-state index is 13.0. The van der Waals surface area contributed by atoms with Gasteiger partial charge in [0.15, 0.2) is 0 Å². The van der Waals surface area contributed by atoms with E-state index in [1.807, 2.05) is 24.8 Å². The van der Waals surface area contributed by atoms with Crippen molar-refractivity contribution in [3.8, 4) is 0 Å². The van der Waals surface area contributed by atoms with E-state index in [2.05, 4.69) is 41.8 Å². The molecule has 2 aliphatic rings. The number of hydrogen-bond donors (Lipinski definition) is 0. The first-order valence-corrected chi connectivity index (χ1v) is 11.5. The molecule has 0 aliphatic carbocycles. The highest BCUT2D eigenvalue weighted by Crippen LogP contribution is 2.30. The largest absolute Gasteiger partial charge is 0.372 e. The highest BCUT2D eigenvalue weighted by atomic mass is 32.1. The van der Waals surface area contributed by atoms with E-state index in [0.717, 1.165) is 31.7 Å². The second kappa shape index (κ2) is 8.68. The molecule has 0 bridgehead atoms. The number of para-hydroxylation sites is 1. The molecule has 7 heteroatoms. The average Bonchev–Trinajstić information content (AvgIpc) is 3.16. The van der Waals surface area contributed by atoms with Gasteiger partial charge in [-0.2, -0.15) is 0 Å². The number of morpholine rings is 1. The zero-order valence-electron chi connectivity index (χ0n) is 17.9. The molecule has 2 fully saturated rings. The predicted octanol–water partition coefficient (Wildman–Crippen LogP) is 3.00.